The highest BCUT2D eigenvalue weighted by molar-refractivity contribution is 5.80. The molecule has 0 amide bonds. The molecule has 0 saturated carbocycles. The summed E-state index contributed by atoms with van der Waals surface area (Å²) in [6.45, 7) is -0.250. The van der Waals surface area contributed by atoms with Gasteiger partial charge in [0, 0.05) is 0 Å². The van der Waals surface area contributed by atoms with Gasteiger partial charge in [0.1, 0.15) is 12.4 Å². The summed E-state index contributed by atoms with van der Waals surface area (Å²) in [5.74, 6) is 0.295. The van der Waals surface area contributed by atoms with Crippen molar-refractivity contribution in [2.45, 2.75) is 6.61 Å². The molecule has 3 nitrogen and oxygen atoms in total. The van der Waals surface area contributed by atoms with Crippen LogP contribution < -0.4 is 5.63 Å². The van der Waals surface area contributed by atoms with Crippen LogP contribution >= 0.6 is 0 Å². The van der Waals surface area contributed by atoms with E-state index in [4.69, 9.17) is 9.52 Å². The fourth-order valence-corrected chi connectivity index (χ4v) is 1.26. The summed E-state index contributed by atoms with van der Waals surface area (Å²) in [7, 11) is 0. The third kappa shape index (κ3) is 1.34. The van der Waals surface area contributed by atoms with Gasteiger partial charge in [-0.2, -0.15) is 0 Å². The summed E-state index contributed by atoms with van der Waals surface area (Å²) in [4.78, 5) is 11.3. The molecule has 0 spiro atoms. The predicted octanol–water partition coefficient (Wildman–Crippen LogP) is 1.29. The fourth-order valence-electron chi connectivity index (χ4n) is 1.26. The van der Waals surface area contributed by atoms with Gasteiger partial charge in [-0.05, 0) is 17.5 Å². The van der Waals surface area contributed by atoms with E-state index in [1.807, 2.05) is 12.1 Å². The average molecular weight is 176 g/mol. The molecule has 1 aromatic heterocycles. The topological polar surface area (TPSA) is 50.4 Å². The van der Waals surface area contributed by atoms with E-state index < -0.39 is 5.63 Å². The Bertz CT molecular complexity index is 485. The van der Waals surface area contributed by atoms with E-state index in [1.54, 1.807) is 18.2 Å². The second-order valence-electron chi connectivity index (χ2n) is 2.75. The Balaban J connectivity index is 2.85. The van der Waals surface area contributed by atoms with Crippen LogP contribution in [0.5, 0.6) is 0 Å². The molecular formula is C10H8O3. The van der Waals surface area contributed by atoms with Gasteiger partial charge in [-0.25, -0.2) is 4.79 Å². The van der Waals surface area contributed by atoms with Crippen LogP contribution in [-0.4, -0.2) is 5.11 Å². The Labute approximate surface area is 74.2 Å². The van der Waals surface area contributed by atoms with Gasteiger partial charge in [0.15, 0.2) is 0 Å². The third-order valence-electron chi connectivity index (χ3n) is 1.88. The van der Waals surface area contributed by atoms with E-state index >= 15 is 0 Å². The zero-order valence-corrected chi connectivity index (χ0v) is 6.86. The van der Waals surface area contributed by atoms with Crippen LogP contribution in [0.4, 0.5) is 0 Å². The molecule has 0 fully saturated rings. The Morgan fingerprint density at radius 2 is 2.08 bits per heavy atom. The number of aliphatic hydroxyl groups excluding tert-OH is 1. The molecule has 0 aliphatic rings. The maximum absolute atomic E-state index is 11.3. The molecule has 66 valence electrons. The molecule has 13 heavy (non-hydrogen) atoms. The standard InChI is InChI=1S/C10H8O3/c11-6-8-5-7-3-1-2-4-9(7)10(12)13-8/h1-5,11H,6H2. The van der Waals surface area contributed by atoms with Gasteiger partial charge in [-0.3, -0.25) is 0 Å². The molecule has 0 aliphatic heterocycles. The maximum atomic E-state index is 11.3. The number of hydrogen-bond acceptors (Lipinski definition) is 3. The van der Waals surface area contributed by atoms with E-state index in [0.29, 0.717) is 11.1 Å². The lowest BCUT2D eigenvalue weighted by Gasteiger charge is -1.97. The van der Waals surface area contributed by atoms with Crippen molar-refractivity contribution < 1.29 is 9.52 Å². The normalized spacial score (nSPS) is 10.5. The molecule has 0 aliphatic carbocycles. The van der Waals surface area contributed by atoms with Crippen LogP contribution in [0.25, 0.3) is 10.8 Å². The number of fused-ring (bicyclic) bond motifs is 1. The molecule has 1 N–H and O–H groups in total. The first-order chi connectivity index (χ1) is 6.31. The Morgan fingerprint density at radius 3 is 2.85 bits per heavy atom. The second kappa shape index (κ2) is 3.03. The van der Waals surface area contributed by atoms with Gasteiger partial charge in [-0.15, -0.1) is 0 Å². The monoisotopic (exact) mass is 176 g/mol. The first-order valence-electron chi connectivity index (χ1n) is 3.94. The highest BCUT2D eigenvalue weighted by Crippen LogP contribution is 2.10. The molecule has 1 heterocycles. The van der Waals surface area contributed by atoms with Crippen molar-refractivity contribution in [3.05, 3.63) is 46.5 Å². The third-order valence-corrected chi connectivity index (χ3v) is 1.88. The summed E-state index contributed by atoms with van der Waals surface area (Å²) in [6, 6.07) is 8.78. The highest BCUT2D eigenvalue weighted by atomic mass is 16.4. The van der Waals surface area contributed by atoms with E-state index in [-0.39, 0.29) is 6.61 Å². The van der Waals surface area contributed by atoms with Crippen molar-refractivity contribution in [1.29, 1.82) is 0 Å². The second-order valence-corrected chi connectivity index (χ2v) is 2.75. The van der Waals surface area contributed by atoms with Crippen LogP contribution in [-0.2, 0) is 6.61 Å². The summed E-state index contributed by atoms with van der Waals surface area (Å²) < 4.78 is 4.83. The molecule has 2 rings (SSSR count). The summed E-state index contributed by atoms with van der Waals surface area (Å²) in [6.07, 6.45) is 0. The zero-order chi connectivity index (χ0) is 9.26. The van der Waals surface area contributed by atoms with Crippen molar-refractivity contribution >= 4 is 10.8 Å². The molecule has 1 aromatic carbocycles. The van der Waals surface area contributed by atoms with Crippen LogP contribution in [0.2, 0.25) is 0 Å². The molecule has 0 atom stereocenters. The quantitative estimate of drug-likeness (QED) is 0.712. The summed E-state index contributed by atoms with van der Waals surface area (Å²) in [5, 5.41) is 10.1. The largest absolute Gasteiger partial charge is 0.425 e. The summed E-state index contributed by atoms with van der Waals surface area (Å²) >= 11 is 0. The van der Waals surface area contributed by atoms with Gasteiger partial charge in [0.25, 0.3) is 0 Å². The Kier molecular flexibility index (Phi) is 1.87. The minimum absolute atomic E-state index is 0.250. The first kappa shape index (κ1) is 8.01. The SMILES string of the molecule is O=c1oc(CO)cc2ccccc12. The zero-order valence-electron chi connectivity index (χ0n) is 6.86. The van der Waals surface area contributed by atoms with Crippen LogP contribution in [0, 0.1) is 0 Å². The first-order valence-corrected chi connectivity index (χ1v) is 3.94. The number of benzene rings is 1. The lowest BCUT2D eigenvalue weighted by molar-refractivity contribution is 0.241. The molecule has 0 radical (unpaired) electrons. The van der Waals surface area contributed by atoms with E-state index in [9.17, 15) is 4.79 Å². The molecule has 3 heteroatoms. The van der Waals surface area contributed by atoms with Gasteiger partial charge < -0.3 is 9.52 Å². The minimum atomic E-state index is -0.401. The van der Waals surface area contributed by atoms with Crippen LogP contribution in [0.15, 0.2) is 39.5 Å². The lowest BCUT2D eigenvalue weighted by Crippen LogP contribution is -2.01. The summed E-state index contributed by atoms with van der Waals surface area (Å²) in [5.41, 5.74) is -0.401. The molecule has 0 bridgehead atoms. The van der Waals surface area contributed by atoms with Crippen molar-refractivity contribution in [2.75, 3.05) is 0 Å². The number of rotatable bonds is 1. The molecular weight excluding hydrogens is 168 g/mol. The van der Waals surface area contributed by atoms with Gasteiger partial charge >= 0.3 is 5.63 Å². The smallest absolute Gasteiger partial charge is 0.343 e. The molecule has 2 aromatic rings. The minimum Gasteiger partial charge on any atom is -0.425 e. The number of hydrogen-bond donors (Lipinski definition) is 1. The molecule has 0 saturated heterocycles. The predicted molar refractivity (Wildman–Crippen MR) is 48.4 cm³/mol. The van der Waals surface area contributed by atoms with Crippen LogP contribution in [0.3, 0.4) is 0 Å². The highest BCUT2D eigenvalue weighted by Gasteiger charge is 2.01. The van der Waals surface area contributed by atoms with E-state index in [1.165, 1.54) is 0 Å². The van der Waals surface area contributed by atoms with E-state index in [2.05, 4.69) is 0 Å². The number of aliphatic hydroxyl groups is 1. The van der Waals surface area contributed by atoms with E-state index in [0.717, 1.165) is 5.39 Å². The van der Waals surface area contributed by atoms with Crippen molar-refractivity contribution in [1.82, 2.24) is 0 Å². The van der Waals surface area contributed by atoms with Crippen LogP contribution in [0.1, 0.15) is 5.76 Å². The van der Waals surface area contributed by atoms with Gasteiger partial charge in [0.05, 0.1) is 5.39 Å². The van der Waals surface area contributed by atoms with Crippen molar-refractivity contribution in [3.8, 4) is 0 Å². The molecule has 0 unspecified atom stereocenters. The van der Waals surface area contributed by atoms with Gasteiger partial charge in [-0.1, -0.05) is 18.2 Å². The Hall–Kier alpha value is -1.61. The van der Waals surface area contributed by atoms with Crippen molar-refractivity contribution in [2.24, 2.45) is 0 Å². The van der Waals surface area contributed by atoms with Crippen molar-refractivity contribution in [3.63, 3.8) is 0 Å². The average Bonchev–Trinajstić information content (AvgIpc) is 2.18. The fraction of sp³-hybridized carbons (Fsp3) is 0.100. The lowest BCUT2D eigenvalue weighted by atomic mass is 10.2. The Morgan fingerprint density at radius 1 is 1.31 bits per heavy atom. The van der Waals surface area contributed by atoms with Gasteiger partial charge in [0.2, 0.25) is 0 Å². The maximum Gasteiger partial charge on any atom is 0.343 e.